The summed E-state index contributed by atoms with van der Waals surface area (Å²) in [6.45, 7) is 6.47. The van der Waals surface area contributed by atoms with Crippen molar-refractivity contribution in [2.75, 3.05) is 26.3 Å². The molecule has 2 saturated heterocycles. The number of ether oxygens (including phenoxy) is 2. The molecule has 0 N–H and O–H groups in total. The molecule has 2 aromatic rings. The van der Waals surface area contributed by atoms with Crippen molar-refractivity contribution in [3.63, 3.8) is 0 Å². The fourth-order valence-electron chi connectivity index (χ4n) is 3.56. The molecule has 0 amide bonds. The first-order valence-electron chi connectivity index (χ1n) is 8.18. The van der Waals surface area contributed by atoms with Gasteiger partial charge in [0.05, 0.1) is 38.0 Å². The molecule has 2 aliphatic heterocycles. The van der Waals surface area contributed by atoms with Gasteiger partial charge in [0.15, 0.2) is 0 Å². The van der Waals surface area contributed by atoms with Gasteiger partial charge in [-0.1, -0.05) is 0 Å². The second kappa shape index (κ2) is 6.34. The van der Waals surface area contributed by atoms with E-state index in [2.05, 4.69) is 9.88 Å². The zero-order chi connectivity index (χ0) is 15.6. The highest BCUT2D eigenvalue weighted by Gasteiger charge is 2.43. The molecule has 2 aliphatic rings. The van der Waals surface area contributed by atoms with Gasteiger partial charge in [0.2, 0.25) is 0 Å². The zero-order valence-electron chi connectivity index (χ0n) is 13.4. The van der Waals surface area contributed by atoms with Crippen LogP contribution < -0.4 is 4.74 Å². The molecule has 122 valence electrons. The molecule has 23 heavy (non-hydrogen) atoms. The van der Waals surface area contributed by atoms with Gasteiger partial charge in [0.25, 0.3) is 0 Å². The van der Waals surface area contributed by atoms with Crippen molar-refractivity contribution in [3.05, 3.63) is 48.2 Å². The number of fused-ring (bicyclic) bond motifs is 1. The quantitative estimate of drug-likeness (QED) is 0.848. The molecule has 5 nitrogen and oxygen atoms in total. The van der Waals surface area contributed by atoms with Crippen LogP contribution in [0.25, 0.3) is 0 Å². The number of likely N-dealkylation sites (tertiary alicyclic amines) is 1. The third kappa shape index (κ3) is 3.26. The lowest BCUT2D eigenvalue weighted by atomic mass is 9.94. The van der Waals surface area contributed by atoms with Gasteiger partial charge >= 0.3 is 0 Å². The Balaban J connectivity index is 1.32. The topological polar surface area (TPSA) is 47.7 Å². The van der Waals surface area contributed by atoms with E-state index in [1.807, 2.05) is 31.4 Å². The Morgan fingerprint density at radius 3 is 3.04 bits per heavy atom. The smallest absolute Gasteiger partial charge is 0.137 e. The van der Waals surface area contributed by atoms with Crippen molar-refractivity contribution in [1.82, 2.24) is 9.88 Å². The Hall–Kier alpha value is -1.85. The first-order chi connectivity index (χ1) is 11.3. The van der Waals surface area contributed by atoms with Gasteiger partial charge in [0.1, 0.15) is 5.75 Å². The van der Waals surface area contributed by atoms with E-state index in [0.29, 0.717) is 24.5 Å². The first-order valence-corrected chi connectivity index (χ1v) is 8.18. The van der Waals surface area contributed by atoms with E-state index in [4.69, 9.17) is 13.9 Å². The van der Waals surface area contributed by atoms with Crippen molar-refractivity contribution in [1.29, 1.82) is 0 Å². The Morgan fingerprint density at radius 2 is 2.26 bits per heavy atom. The highest BCUT2D eigenvalue weighted by Crippen LogP contribution is 2.34. The minimum absolute atomic E-state index is 0.339. The lowest BCUT2D eigenvalue weighted by Gasteiger charge is -2.19. The molecule has 4 rings (SSSR count). The maximum absolute atomic E-state index is 5.99. The van der Waals surface area contributed by atoms with Crippen LogP contribution in [0, 0.1) is 18.8 Å². The minimum Gasteiger partial charge on any atom is -0.492 e. The number of hydrogen-bond acceptors (Lipinski definition) is 5. The summed E-state index contributed by atoms with van der Waals surface area (Å²) in [6.07, 6.45) is 5.68. The summed E-state index contributed by atoms with van der Waals surface area (Å²) in [6, 6.07) is 5.99. The van der Waals surface area contributed by atoms with Crippen LogP contribution in [0.5, 0.6) is 5.75 Å². The normalized spacial score (nSPS) is 27.3. The molecule has 2 fully saturated rings. The molecule has 5 heteroatoms. The second-order valence-corrected chi connectivity index (χ2v) is 6.57. The Bertz CT molecular complexity index is 626. The van der Waals surface area contributed by atoms with Gasteiger partial charge in [0, 0.05) is 42.7 Å². The van der Waals surface area contributed by atoms with Crippen LogP contribution in [-0.2, 0) is 11.3 Å². The SMILES string of the molecule is Cc1ccc(OC[C@@H]2CO[C@@H]3CN(Cc4ccoc4)C[C@H]23)cn1. The molecule has 0 aromatic carbocycles. The van der Waals surface area contributed by atoms with Gasteiger partial charge in [-0.3, -0.25) is 9.88 Å². The van der Waals surface area contributed by atoms with Crippen molar-refractivity contribution in [2.24, 2.45) is 11.8 Å². The van der Waals surface area contributed by atoms with Crippen molar-refractivity contribution >= 4 is 0 Å². The first kappa shape index (κ1) is 14.7. The maximum atomic E-state index is 5.99. The predicted molar refractivity (Wildman–Crippen MR) is 85.2 cm³/mol. The van der Waals surface area contributed by atoms with Crippen LogP contribution in [0.3, 0.4) is 0 Å². The van der Waals surface area contributed by atoms with Crippen molar-refractivity contribution < 1.29 is 13.9 Å². The molecule has 0 aliphatic carbocycles. The number of nitrogens with zero attached hydrogens (tertiary/aromatic N) is 2. The molecule has 0 radical (unpaired) electrons. The van der Waals surface area contributed by atoms with E-state index in [0.717, 1.165) is 37.7 Å². The maximum Gasteiger partial charge on any atom is 0.137 e. The van der Waals surface area contributed by atoms with Crippen molar-refractivity contribution in [3.8, 4) is 5.75 Å². The van der Waals surface area contributed by atoms with Crippen LogP contribution in [0.4, 0.5) is 0 Å². The van der Waals surface area contributed by atoms with Gasteiger partial charge in [-0.15, -0.1) is 0 Å². The number of aryl methyl sites for hydroxylation is 1. The van der Waals surface area contributed by atoms with E-state index < -0.39 is 0 Å². The van der Waals surface area contributed by atoms with E-state index in [-0.39, 0.29) is 0 Å². The average molecular weight is 314 g/mol. The highest BCUT2D eigenvalue weighted by atomic mass is 16.5. The van der Waals surface area contributed by atoms with Gasteiger partial charge in [-0.2, -0.15) is 0 Å². The zero-order valence-corrected chi connectivity index (χ0v) is 13.4. The molecule has 2 aromatic heterocycles. The van der Waals surface area contributed by atoms with Gasteiger partial charge in [-0.25, -0.2) is 0 Å². The van der Waals surface area contributed by atoms with E-state index in [9.17, 15) is 0 Å². The lowest BCUT2D eigenvalue weighted by Crippen LogP contribution is -2.26. The van der Waals surface area contributed by atoms with E-state index in [1.54, 1.807) is 12.5 Å². The summed E-state index contributed by atoms with van der Waals surface area (Å²) in [5, 5.41) is 0. The fraction of sp³-hybridized carbons (Fsp3) is 0.500. The monoisotopic (exact) mass is 314 g/mol. The van der Waals surface area contributed by atoms with Crippen LogP contribution in [0.1, 0.15) is 11.3 Å². The van der Waals surface area contributed by atoms with Crippen LogP contribution in [0.2, 0.25) is 0 Å². The number of aromatic nitrogens is 1. The Labute approximate surface area is 136 Å². The second-order valence-electron chi connectivity index (χ2n) is 6.57. The fourth-order valence-corrected chi connectivity index (χ4v) is 3.56. The van der Waals surface area contributed by atoms with Crippen LogP contribution in [0.15, 0.2) is 41.3 Å². The van der Waals surface area contributed by atoms with E-state index in [1.165, 1.54) is 5.56 Å². The minimum atomic E-state index is 0.339. The van der Waals surface area contributed by atoms with Gasteiger partial charge in [-0.05, 0) is 25.1 Å². The average Bonchev–Trinajstić information content (AvgIpc) is 3.25. The van der Waals surface area contributed by atoms with Crippen molar-refractivity contribution in [2.45, 2.75) is 19.6 Å². The molecule has 0 saturated carbocycles. The van der Waals surface area contributed by atoms with E-state index >= 15 is 0 Å². The lowest BCUT2D eigenvalue weighted by molar-refractivity contribution is 0.0897. The predicted octanol–water partition coefficient (Wildman–Crippen LogP) is 2.51. The summed E-state index contributed by atoms with van der Waals surface area (Å²) in [7, 11) is 0. The highest BCUT2D eigenvalue weighted by molar-refractivity contribution is 5.19. The van der Waals surface area contributed by atoms with Crippen LogP contribution in [-0.4, -0.2) is 42.3 Å². The van der Waals surface area contributed by atoms with Gasteiger partial charge < -0.3 is 13.9 Å². The summed E-state index contributed by atoms with van der Waals surface area (Å²) in [4.78, 5) is 6.72. The summed E-state index contributed by atoms with van der Waals surface area (Å²) >= 11 is 0. The third-order valence-electron chi connectivity index (χ3n) is 4.85. The molecular weight excluding hydrogens is 292 g/mol. The molecule has 0 unspecified atom stereocenters. The summed E-state index contributed by atoms with van der Waals surface area (Å²) < 4.78 is 17.1. The molecular formula is C18H22N2O3. The third-order valence-corrected chi connectivity index (χ3v) is 4.85. The molecule has 0 bridgehead atoms. The largest absolute Gasteiger partial charge is 0.492 e. The Kier molecular flexibility index (Phi) is 4.06. The molecule has 0 spiro atoms. The number of furan rings is 1. The standard InChI is InChI=1S/C18H22N2O3/c1-13-2-3-16(6-19-13)22-11-15-12-23-18-9-20(8-17(15)18)7-14-4-5-21-10-14/h2-6,10,15,17-18H,7-9,11-12H2,1H3/t15-,17-,18-/m1/s1. The molecule has 3 atom stereocenters. The molecule has 4 heterocycles. The summed E-state index contributed by atoms with van der Waals surface area (Å²) in [5.41, 5.74) is 2.23. The Morgan fingerprint density at radius 1 is 1.30 bits per heavy atom. The van der Waals surface area contributed by atoms with Crippen LogP contribution >= 0.6 is 0 Å². The number of rotatable bonds is 5. The number of pyridine rings is 1. The number of hydrogen-bond donors (Lipinski definition) is 0. The summed E-state index contributed by atoms with van der Waals surface area (Å²) in [5.74, 6) is 1.85.